The number of pyridine rings is 1. The minimum absolute atomic E-state index is 0.0356. The van der Waals surface area contributed by atoms with Crippen LogP contribution in [0.4, 0.5) is 21.6 Å². The Labute approximate surface area is 156 Å². The van der Waals surface area contributed by atoms with Crippen molar-refractivity contribution >= 4 is 27.2 Å². The molecular weight excluding hydrogens is 367 g/mol. The molecule has 0 saturated carbocycles. The zero-order valence-electron chi connectivity index (χ0n) is 14.3. The van der Waals surface area contributed by atoms with Gasteiger partial charge >= 0.3 is 0 Å². The summed E-state index contributed by atoms with van der Waals surface area (Å²) in [5.41, 5.74) is 1.57. The van der Waals surface area contributed by atoms with E-state index in [1.807, 2.05) is 0 Å². The molecule has 0 saturated heterocycles. The second-order valence-corrected chi connectivity index (χ2v) is 7.41. The molecule has 0 unspecified atom stereocenters. The summed E-state index contributed by atoms with van der Waals surface area (Å²) in [5.74, 6) is -0.0121. The number of para-hydroxylation sites is 1. The van der Waals surface area contributed by atoms with Gasteiger partial charge < -0.3 is 5.32 Å². The average molecular weight is 382 g/mol. The Morgan fingerprint density at radius 2 is 1.89 bits per heavy atom. The van der Waals surface area contributed by atoms with Gasteiger partial charge in [-0.05, 0) is 55.0 Å². The molecule has 3 aromatic rings. The summed E-state index contributed by atoms with van der Waals surface area (Å²) in [7, 11) is -3.86. The molecule has 0 bridgehead atoms. The van der Waals surface area contributed by atoms with Gasteiger partial charge in [0.15, 0.2) is 0 Å². The molecule has 0 aliphatic carbocycles. The quantitative estimate of drug-likeness (QED) is 0.697. The number of aryl methyl sites for hydroxylation is 1. The highest BCUT2D eigenvalue weighted by molar-refractivity contribution is 7.92. The van der Waals surface area contributed by atoms with E-state index in [9.17, 15) is 12.8 Å². The van der Waals surface area contributed by atoms with Crippen molar-refractivity contribution in [2.24, 2.45) is 0 Å². The lowest BCUT2D eigenvalue weighted by molar-refractivity contribution is 0.598. The molecule has 0 atom stereocenters. The summed E-state index contributed by atoms with van der Waals surface area (Å²) >= 11 is 0. The summed E-state index contributed by atoms with van der Waals surface area (Å²) in [6, 6.07) is 15.7. The van der Waals surface area contributed by atoms with Gasteiger partial charge in [0.25, 0.3) is 10.0 Å². The minimum Gasteiger partial charge on any atom is -0.339 e. The molecule has 2 aromatic carbocycles. The van der Waals surface area contributed by atoms with Gasteiger partial charge in [-0.3, -0.25) is 4.72 Å². The van der Waals surface area contributed by atoms with Crippen molar-refractivity contribution in [1.82, 2.24) is 4.98 Å². The molecule has 6 nitrogen and oxygen atoms in total. The topological polar surface area (TPSA) is 94.9 Å². The molecule has 0 amide bonds. The van der Waals surface area contributed by atoms with E-state index >= 15 is 0 Å². The number of benzene rings is 2. The Morgan fingerprint density at radius 1 is 1.11 bits per heavy atom. The zero-order chi connectivity index (χ0) is 19.4. The summed E-state index contributed by atoms with van der Waals surface area (Å²) in [4.78, 5) is 4.12. The number of hydrogen-bond donors (Lipinski definition) is 2. The number of nitrogens with one attached hydrogen (secondary N) is 2. The number of hydrogen-bond acceptors (Lipinski definition) is 5. The molecule has 1 aromatic heterocycles. The number of sulfonamides is 1. The van der Waals surface area contributed by atoms with Crippen LogP contribution in [0.5, 0.6) is 0 Å². The summed E-state index contributed by atoms with van der Waals surface area (Å²) in [5, 5.41) is 12.1. The minimum atomic E-state index is -3.86. The Hall–Kier alpha value is -3.44. The van der Waals surface area contributed by atoms with Crippen molar-refractivity contribution in [3.8, 4) is 6.07 Å². The van der Waals surface area contributed by atoms with E-state index in [0.717, 1.165) is 6.07 Å². The van der Waals surface area contributed by atoms with Crippen LogP contribution in [-0.4, -0.2) is 13.4 Å². The van der Waals surface area contributed by atoms with Crippen LogP contribution in [0.2, 0.25) is 0 Å². The van der Waals surface area contributed by atoms with Gasteiger partial charge in [-0.2, -0.15) is 5.26 Å². The number of nitrogens with zero attached hydrogens (tertiary/aromatic N) is 2. The molecule has 0 aliphatic heterocycles. The molecule has 0 radical (unpaired) electrons. The van der Waals surface area contributed by atoms with Crippen LogP contribution in [0.15, 0.2) is 65.7 Å². The van der Waals surface area contributed by atoms with Gasteiger partial charge in [0.2, 0.25) is 0 Å². The van der Waals surface area contributed by atoms with Gasteiger partial charge in [0, 0.05) is 0 Å². The summed E-state index contributed by atoms with van der Waals surface area (Å²) in [6.07, 6.45) is 1.35. The van der Waals surface area contributed by atoms with Crippen LogP contribution in [0.25, 0.3) is 0 Å². The largest absolute Gasteiger partial charge is 0.339 e. The van der Waals surface area contributed by atoms with Crippen molar-refractivity contribution < 1.29 is 12.8 Å². The van der Waals surface area contributed by atoms with E-state index in [0.29, 0.717) is 17.1 Å². The Morgan fingerprint density at radius 3 is 2.56 bits per heavy atom. The predicted molar refractivity (Wildman–Crippen MR) is 101 cm³/mol. The van der Waals surface area contributed by atoms with Crippen LogP contribution >= 0.6 is 0 Å². The van der Waals surface area contributed by atoms with E-state index in [4.69, 9.17) is 5.26 Å². The fourth-order valence-corrected chi connectivity index (χ4v) is 3.48. The molecule has 0 spiro atoms. The van der Waals surface area contributed by atoms with Crippen molar-refractivity contribution in [2.45, 2.75) is 11.8 Å². The van der Waals surface area contributed by atoms with Crippen molar-refractivity contribution in [1.29, 1.82) is 5.26 Å². The molecule has 1 heterocycles. The molecular formula is C19H15FN4O2S. The van der Waals surface area contributed by atoms with Crippen molar-refractivity contribution in [2.75, 3.05) is 10.0 Å². The lowest BCUT2D eigenvalue weighted by Gasteiger charge is -2.10. The number of anilines is 3. The molecule has 2 N–H and O–H groups in total. The maximum absolute atomic E-state index is 13.3. The van der Waals surface area contributed by atoms with E-state index in [2.05, 4.69) is 21.1 Å². The van der Waals surface area contributed by atoms with Crippen LogP contribution in [0.3, 0.4) is 0 Å². The maximum Gasteiger partial charge on any atom is 0.261 e. The van der Waals surface area contributed by atoms with Crippen LogP contribution in [0.1, 0.15) is 11.1 Å². The first-order chi connectivity index (χ1) is 12.9. The van der Waals surface area contributed by atoms with E-state index < -0.39 is 15.8 Å². The standard InChI is InChI=1S/C19H15FN4O2S/c1-13-10-16(7-8-17(13)20)27(25,26)24-15-6-9-19(22-12-15)23-18-5-3-2-4-14(18)11-21/h2-10,12,24H,1H3,(H,22,23). The van der Waals surface area contributed by atoms with Crippen molar-refractivity contribution in [3.63, 3.8) is 0 Å². The van der Waals surface area contributed by atoms with E-state index in [-0.39, 0.29) is 16.1 Å². The normalized spacial score (nSPS) is 10.9. The monoisotopic (exact) mass is 382 g/mol. The SMILES string of the molecule is Cc1cc(S(=O)(=O)Nc2ccc(Nc3ccccc3C#N)nc2)ccc1F. The van der Waals surface area contributed by atoms with Crippen molar-refractivity contribution in [3.05, 3.63) is 77.7 Å². The third kappa shape index (κ3) is 4.22. The molecule has 0 fully saturated rings. The Bertz CT molecular complexity index is 1120. The second-order valence-electron chi connectivity index (χ2n) is 5.73. The average Bonchev–Trinajstić information content (AvgIpc) is 2.65. The number of rotatable bonds is 5. The van der Waals surface area contributed by atoms with Gasteiger partial charge in [0.05, 0.1) is 28.0 Å². The predicted octanol–water partition coefficient (Wildman–Crippen LogP) is 3.95. The fourth-order valence-electron chi connectivity index (χ4n) is 2.35. The third-order valence-corrected chi connectivity index (χ3v) is 5.14. The lowest BCUT2D eigenvalue weighted by atomic mass is 10.2. The number of aromatic nitrogens is 1. The molecule has 8 heteroatoms. The molecule has 3 rings (SSSR count). The Kier molecular flexibility index (Phi) is 5.05. The summed E-state index contributed by atoms with van der Waals surface area (Å²) in [6.45, 7) is 1.50. The zero-order valence-corrected chi connectivity index (χ0v) is 15.1. The molecule has 0 aliphatic rings. The highest BCUT2D eigenvalue weighted by Gasteiger charge is 2.15. The lowest BCUT2D eigenvalue weighted by Crippen LogP contribution is -2.13. The van der Waals surface area contributed by atoms with Crippen LogP contribution in [0, 0.1) is 24.1 Å². The molecule has 27 heavy (non-hydrogen) atoms. The van der Waals surface area contributed by atoms with Gasteiger partial charge in [-0.15, -0.1) is 0 Å². The van der Waals surface area contributed by atoms with E-state index in [1.165, 1.54) is 31.3 Å². The first-order valence-corrected chi connectivity index (χ1v) is 9.38. The smallest absolute Gasteiger partial charge is 0.261 e. The number of halogens is 1. The highest BCUT2D eigenvalue weighted by atomic mass is 32.2. The first-order valence-electron chi connectivity index (χ1n) is 7.90. The second kappa shape index (κ2) is 7.43. The summed E-state index contributed by atoms with van der Waals surface area (Å²) < 4.78 is 40.6. The van der Waals surface area contributed by atoms with E-state index in [1.54, 1.807) is 30.3 Å². The van der Waals surface area contributed by atoms with Gasteiger partial charge in [-0.1, -0.05) is 12.1 Å². The number of nitriles is 1. The first kappa shape index (κ1) is 18.4. The third-order valence-electron chi connectivity index (χ3n) is 3.77. The van der Waals surface area contributed by atoms with Crippen LogP contribution < -0.4 is 10.0 Å². The maximum atomic E-state index is 13.3. The Balaban J connectivity index is 1.77. The van der Waals surface area contributed by atoms with Crippen LogP contribution in [-0.2, 0) is 10.0 Å². The fraction of sp³-hybridized carbons (Fsp3) is 0.0526. The van der Waals surface area contributed by atoms with Gasteiger partial charge in [0.1, 0.15) is 17.7 Å². The molecule has 136 valence electrons. The highest BCUT2D eigenvalue weighted by Crippen LogP contribution is 2.21. The van der Waals surface area contributed by atoms with Gasteiger partial charge in [-0.25, -0.2) is 17.8 Å².